The smallest absolute Gasteiger partial charge is 0.307 e. The molecule has 1 aromatic carbocycles. The third-order valence-corrected chi connectivity index (χ3v) is 5.27. The molecular formula is C15H19NO5S. The highest BCUT2D eigenvalue weighted by molar-refractivity contribution is 7.90. The van der Waals surface area contributed by atoms with Gasteiger partial charge >= 0.3 is 5.97 Å². The Hall–Kier alpha value is -1.89. The second-order valence-electron chi connectivity index (χ2n) is 5.75. The lowest BCUT2D eigenvalue weighted by Crippen LogP contribution is -2.31. The van der Waals surface area contributed by atoms with Crippen molar-refractivity contribution in [3.8, 4) is 0 Å². The summed E-state index contributed by atoms with van der Waals surface area (Å²) in [5.41, 5.74) is 0.802. The summed E-state index contributed by atoms with van der Waals surface area (Å²) in [6, 6.07) is 6.11. The molecular weight excluding hydrogens is 306 g/mol. The zero-order valence-electron chi connectivity index (χ0n) is 12.7. The highest BCUT2D eigenvalue weighted by Crippen LogP contribution is 2.41. The van der Waals surface area contributed by atoms with Crippen LogP contribution >= 0.6 is 0 Å². The van der Waals surface area contributed by atoms with Crippen LogP contribution in [0.4, 0.5) is 0 Å². The van der Waals surface area contributed by atoms with E-state index < -0.39 is 27.6 Å². The molecule has 1 N–H and O–H groups in total. The summed E-state index contributed by atoms with van der Waals surface area (Å²) in [6.07, 6.45) is 1.53. The third-order valence-electron chi connectivity index (χ3n) is 4.14. The Morgan fingerprint density at radius 2 is 1.77 bits per heavy atom. The lowest BCUT2D eigenvalue weighted by molar-refractivity contribution is -0.142. The Balaban J connectivity index is 2.09. The lowest BCUT2D eigenvalue weighted by Gasteiger charge is -2.25. The van der Waals surface area contributed by atoms with Crippen LogP contribution < -0.4 is 0 Å². The van der Waals surface area contributed by atoms with Crippen LogP contribution in [0.5, 0.6) is 0 Å². The van der Waals surface area contributed by atoms with Crippen LogP contribution in [0.2, 0.25) is 0 Å². The van der Waals surface area contributed by atoms with E-state index in [0.717, 1.165) is 11.8 Å². The quantitative estimate of drug-likeness (QED) is 0.882. The van der Waals surface area contributed by atoms with Gasteiger partial charge in [-0.1, -0.05) is 12.1 Å². The summed E-state index contributed by atoms with van der Waals surface area (Å²) < 4.78 is 22.9. The van der Waals surface area contributed by atoms with Crippen LogP contribution in [-0.2, 0) is 19.4 Å². The number of aliphatic carboxylic acids is 1. The van der Waals surface area contributed by atoms with Gasteiger partial charge in [0.2, 0.25) is 5.91 Å². The second-order valence-corrected chi connectivity index (χ2v) is 7.77. The highest BCUT2D eigenvalue weighted by atomic mass is 32.2. The summed E-state index contributed by atoms with van der Waals surface area (Å²) in [6.45, 7) is 1.82. The predicted octanol–water partition coefficient (Wildman–Crippen LogP) is 1.33. The van der Waals surface area contributed by atoms with Gasteiger partial charge < -0.3 is 10.0 Å². The van der Waals surface area contributed by atoms with Gasteiger partial charge in [-0.05, 0) is 31.0 Å². The topological polar surface area (TPSA) is 91.8 Å². The number of carbonyl (C=O) groups excluding carboxylic acids is 1. The molecule has 1 aliphatic carbocycles. The number of hydrogen-bond acceptors (Lipinski definition) is 4. The van der Waals surface area contributed by atoms with Gasteiger partial charge in [0, 0.05) is 13.3 Å². The Kier molecular flexibility index (Phi) is 4.28. The van der Waals surface area contributed by atoms with Crippen molar-refractivity contribution in [2.75, 3.05) is 13.3 Å². The van der Waals surface area contributed by atoms with Crippen molar-refractivity contribution in [3.63, 3.8) is 0 Å². The van der Waals surface area contributed by atoms with Gasteiger partial charge in [-0.3, -0.25) is 9.59 Å². The Labute approximate surface area is 129 Å². The van der Waals surface area contributed by atoms with Gasteiger partial charge in [-0.2, -0.15) is 0 Å². The molecule has 2 rings (SSSR count). The number of hydrogen-bond donors (Lipinski definition) is 1. The third kappa shape index (κ3) is 3.30. The van der Waals surface area contributed by atoms with E-state index in [1.54, 1.807) is 19.2 Å². The number of nitrogens with zero attached hydrogens (tertiary/aromatic N) is 1. The number of carbonyl (C=O) groups is 2. The fourth-order valence-electron chi connectivity index (χ4n) is 2.41. The van der Waals surface area contributed by atoms with Gasteiger partial charge in [0.05, 0.1) is 22.8 Å². The molecule has 6 nitrogen and oxygen atoms in total. The van der Waals surface area contributed by atoms with Crippen molar-refractivity contribution >= 4 is 21.7 Å². The normalized spacial score (nSPS) is 22.0. The first-order valence-corrected chi connectivity index (χ1v) is 8.81. The lowest BCUT2D eigenvalue weighted by atomic mass is 10.1. The van der Waals surface area contributed by atoms with E-state index in [1.165, 1.54) is 17.0 Å². The van der Waals surface area contributed by atoms with E-state index in [4.69, 9.17) is 5.11 Å². The van der Waals surface area contributed by atoms with E-state index >= 15 is 0 Å². The maximum absolute atomic E-state index is 12.2. The monoisotopic (exact) mass is 325 g/mol. The molecule has 7 heteroatoms. The molecule has 1 aliphatic rings. The van der Waals surface area contributed by atoms with Crippen molar-refractivity contribution < 1.29 is 23.1 Å². The number of rotatable bonds is 5. The van der Waals surface area contributed by atoms with Crippen LogP contribution in [-0.4, -0.2) is 43.6 Å². The molecule has 0 spiro atoms. The van der Waals surface area contributed by atoms with Crippen LogP contribution in [0.1, 0.15) is 24.9 Å². The first-order valence-electron chi connectivity index (χ1n) is 6.92. The van der Waals surface area contributed by atoms with E-state index in [-0.39, 0.29) is 16.8 Å². The van der Waals surface area contributed by atoms with Crippen LogP contribution in [0.3, 0.4) is 0 Å². The Morgan fingerprint density at radius 3 is 2.18 bits per heavy atom. The minimum absolute atomic E-state index is 0.188. The molecule has 0 aliphatic heterocycles. The minimum atomic E-state index is -3.25. The SMILES string of the molecule is CC(c1ccc(S(C)(=O)=O)cc1)N(C)C(=O)C1CC1C(=O)O. The molecule has 0 saturated heterocycles. The van der Waals surface area contributed by atoms with E-state index in [1.807, 2.05) is 6.92 Å². The molecule has 1 fully saturated rings. The van der Waals surface area contributed by atoms with Crippen molar-refractivity contribution in [1.29, 1.82) is 0 Å². The van der Waals surface area contributed by atoms with Gasteiger partial charge in [0.15, 0.2) is 9.84 Å². The largest absolute Gasteiger partial charge is 0.481 e. The predicted molar refractivity (Wildman–Crippen MR) is 80.0 cm³/mol. The summed E-state index contributed by atoms with van der Waals surface area (Å²) >= 11 is 0. The van der Waals surface area contributed by atoms with Gasteiger partial charge in [-0.15, -0.1) is 0 Å². The molecule has 0 aromatic heterocycles. The van der Waals surface area contributed by atoms with Gasteiger partial charge in [0.1, 0.15) is 0 Å². The van der Waals surface area contributed by atoms with E-state index in [0.29, 0.717) is 6.42 Å². The number of amides is 1. The van der Waals surface area contributed by atoms with Gasteiger partial charge in [0.25, 0.3) is 0 Å². The zero-order chi connectivity index (χ0) is 16.7. The molecule has 22 heavy (non-hydrogen) atoms. The average Bonchev–Trinajstić information content (AvgIpc) is 3.24. The molecule has 3 atom stereocenters. The molecule has 1 saturated carbocycles. The second kappa shape index (κ2) is 5.72. The first-order chi connectivity index (χ1) is 10.1. The standard InChI is InChI=1S/C15H19NO5S/c1-9(10-4-6-11(7-5-10)22(3,20)21)16(2)14(17)12-8-13(12)15(18)19/h4-7,9,12-13H,8H2,1-3H3,(H,18,19). The maximum Gasteiger partial charge on any atom is 0.307 e. The summed E-state index contributed by atoms with van der Waals surface area (Å²) in [7, 11) is -1.61. The fraction of sp³-hybridized carbons (Fsp3) is 0.467. The zero-order valence-corrected chi connectivity index (χ0v) is 13.5. The van der Waals surface area contributed by atoms with Crippen molar-refractivity contribution in [2.24, 2.45) is 11.8 Å². The van der Waals surface area contributed by atoms with E-state index in [2.05, 4.69) is 0 Å². The van der Waals surface area contributed by atoms with E-state index in [9.17, 15) is 18.0 Å². The van der Waals surface area contributed by atoms with Crippen molar-refractivity contribution in [2.45, 2.75) is 24.3 Å². The van der Waals surface area contributed by atoms with Crippen molar-refractivity contribution in [1.82, 2.24) is 4.90 Å². The first kappa shape index (κ1) is 16.5. The van der Waals surface area contributed by atoms with Crippen molar-refractivity contribution in [3.05, 3.63) is 29.8 Å². The molecule has 1 amide bonds. The van der Waals surface area contributed by atoms with Crippen LogP contribution in [0.15, 0.2) is 29.2 Å². The average molecular weight is 325 g/mol. The molecule has 1 aromatic rings. The minimum Gasteiger partial charge on any atom is -0.481 e. The fourth-order valence-corrected chi connectivity index (χ4v) is 3.04. The number of carboxylic acids is 1. The Bertz CT molecular complexity index is 695. The van der Waals surface area contributed by atoms with Crippen LogP contribution in [0, 0.1) is 11.8 Å². The molecule has 0 radical (unpaired) electrons. The maximum atomic E-state index is 12.2. The number of sulfone groups is 1. The van der Waals surface area contributed by atoms with Crippen LogP contribution in [0.25, 0.3) is 0 Å². The molecule has 120 valence electrons. The summed E-state index contributed by atoms with van der Waals surface area (Å²) in [5, 5.41) is 8.89. The molecule has 3 unspecified atom stereocenters. The summed E-state index contributed by atoms with van der Waals surface area (Å²) in [4.78, 5) is 24.8. The van der Waals surface area contributed by atoms with Gasteiger partial charge in [-0.25, -0.2) is 8.42 Å². The summed E-state index contributed by atoms with van der Waals surface area (Å²) in [5.74, 6) is -2.14. The number of benzene rings is 1. The Morgan fingerprint density at radius 1 is 1.23 bits per heavy atom. The number of carboxylic acid groups (broad SMARTS) is 1. The molecule has 0 bridgehead atoms. The molecule has 0 heterocycles. The highest BCUT2D eigenvalue weighted by Gasteiger charge is 2.49.